The van der Waals surface area contributed by atoms with Crippen LogP contribution in [0.2, 0.25) is 0 Å². The Morgan fingerprint density at radius 2 is 2.11 bits per heavy atom. The predicted molar refractivity (Wildman–Crippen MR) is 78.5 cm³/mol. The number of hydrogen-bond donors (Lipinski definition) is 0. The van der Waals surface area contributed by atoms with Gasteiger partial charge in [0.2, 0.25) is 0 Å². The minimum absolute atomic E-state index is 1.04. The van der Waals surface area contributed by atoms with Crippen LogP contribution in [-0.4, -0.2) is 12.8 Å². The number of nitrogens with zero attached hydrogens (tertiary/aromatic N) is 2. The third-order valence-electron chi connectivity index (χ3n) is 3.60. The zero-order valence-electron chi connectivity index (χ0n) is 9.73. The molecule has 2 aromatic rings. The highest BCUT2D eigenvalue weighted by Gasteiger charge is 2.26. The van der Waals surface area contributed by atoms with Gasteiger partial charge in [-0.25, -0.2) is 0 Å². The van der Waals surface area contributed by atoms with E-state index in [2.05, 4.69) is 62.2 Å². The molecule has 0 spiro atoms. The minimum atomic E-state index is 1.04. The van der Waals surface area contributed by atoms with E-state index in [1.54, 1.807) is 0 Å². The number of benzene rings is 2. The monoisotopic (exact) mass is 298 g/mol. The molecule has 0 unspecified atom stereocenters. The molecule has 0 aromatic heterocycles. The first-order valence-electron chi connectivity index (χ1n) is 6.06. The molecule has 0 atom stereocenters. The molecule has 0 saturated heterocycles. The third kappa shape index (κ3) is 1.37. The Morgan fingerprint density at radius 3 is 3.06 bits per heavy atom. The molecule has 0 amide bonds. The van der Waals surface area contributed by atoms with E-state index in [1.165, 1.54) is 22.5 Å². The van der Waals surface area contributed by atoms with Gasteiger partial charge in [-0.15, -0.1) is 0 Å². The highest BCUT2D eigenvalue weighted by molar-refractivity contribution is 9.10. The molecular formula is C15H11BrN2. The molecule has 0 bridgehead atoms. The minimum Gasteiger partial charge on any atom is -0.339 e. The molecule has 2 heterocycles. The Bertz CT molecular complexity index is 676. The highest BCUT2D eigenvalue weighted by atomic mass is 79.9. The van der Waals surface area contributed by atoms with Crippen molar-refractivity contribution in [3.05, 3.63) is 52.0 Å². The molecule has 0 aliphatic carbocycles. The SMILES string of the molecule is Brc1ccc2c(c1)N=Cc1cccc3c1N2CC3. The summed E-state index contributed by atoms with van der Waals surface area (Å²) < 4.78 is 1.07. The molecule has 0 N–H and O–H groups in total. The summed E-state index contributed by atoms with van der Waals surface area (Å²) in [6, 6.07) is 12.8. The summed E-state index contributed by atoms with van der Waals surface area (Å²) in [5, 5.41) is 0. The van der Waals surface area contributed by atoms with E-state index in [1.807, 2.05) is 6.21 Å². The standard InChI is InChI=1S/C15H11BrN2/c16-12-4-5-14-13(8-12)17-9-11-3-1-2-10-6-7-18(14)15(10)11/h1-5,8-9H,6-7H2. The van der Waals surface area contributed by atoms with Crippen LogP contribution in [0.15, 0.2) is 45.9 Å². The summed E-state index contributed by atoms with van der Waals surface area (Å²) in [6.45, 7) is 1.05. The van der Waals surface area contributed by atoms with Crippen LogP contribution in [0.1, 0.15) is 11.1 Å². The van der Waals surface area contributed by atoms with E-state index >= 15 is 0 Å². The van der Waals surface area contributed by atoms with Gasteiger partial charge < -0.3 is 4.90 Å². The lowest BCUT2D eigenvalue weighted by molar-refractivity contribution is 0.999. The quantitative estimate of drug-likeness (QED) is 0.711. The lowest BCUT2D eigenvalue weighted by Gasteiger charge is -2.21. The van der Waals surface area contributed by atoms with Crippen molar-refractivity contribution < 1.29 is 0 Å². The second-order valence-corrected chi connectivity index (χ2v) is 5.56. The smallest absolute Gasteiger partial charge is 0.0878 e. The first kappa shape index (κ1) is 10.3. The van der Waals surface area contributed by atoms with Gasteiger partial charge in [0, 0.05) is 22.8 Å². The summed E-state index contributed by atoms with van der Waals surface area (Å²) in [7, 11) is 0. The molecule has 0 fully saturated rings. The molecule has 3 heteroatoms. The van der Waals surface area contributed by atoms with Crippen molar-refractivity contribution in [1.29, 1.82) is 0 Å². The van der Waals surface area contributed by atoms with Crippen LogP contribution >= 0.6 is 15.9 Å². The van der Waals surface area contributed by atoms with Crippen LogP contribution in [0.25, 0.3) is 0 Å². The average molecular weight is 299 g/mol. The van der Waals surface area contributed by atoms with E-state index in [-0.39, 0.29) is 0 Å². The molecule has 2 nitrogen and oxygen atoms in total. The first-order valence-corrected chi connectivity index (χ1v) is 6.85. The lowest BCUT2D eigenvalue weighted by atomic mass is 10.1. The first-order chi connectivity index (χ1) is 8.83. The van der Waals surface area contributed by atoms with Crippen LogP contribution < -0.4 is 4.90 Å². The van der Waals surface area contributed by atoms with Gasteiger partial charge in [-0.3, -0.25) is 4.99 Å². The maximum Gasteiger partial charge on any atom is 0.0878 e. The molecule has 4 rings (SSSR count). The van der Waals surface area contributed by atoms with E-state index in [0.29, 0.717) is 0 Å². The third-order valence-corrected chi connectivity index (χ3v) is 4.09. The zero-order valence-corrected chi connectivity index (χ0v) is 11.3. The van der Waals surface area contributed by atoms with E-state index in [0.717, 1.165) is 23.1 Å². The van der Waals surface area contributed by atoms with Gasteiger partial charge >= 0.3 is 0 Å². The molecule has 2 aliphatic heterocycles. The Balaban J connectivity index is 2.02. The van der Waals surface area contributed by atoms with Crippen molar-refractivity contribution in [3.63, 3.8) is 0 Å². The van der Waals surface area contributed by atoms with Gasteiger partial charge in [-0.05, 0) is 30.2 Å². The molecule has 88 valence electrons. The van der Waals surface area contributed by atoms with Crippen molar-refractivity contribution in [2.45, 2.75) is 6.42 Å². The van der Waals surface area contributed by atoms with E-state index < -0.39 is 0 Å². The van der Waals surface area contributed by atoms with Crippen LogP contribution in [0.5, 0.6) is 0 Å². The van der Waals surface area contributed by atoms with Gasteiger partial charge in [-0.1, -0.05) is 34.1 Å². The van der Waals surface area contributed by atoms with Crippen molar-refractivity contribution in [1.82, 2.24) is 0 Å². The maximum absolute atomic E-state index is 4.62. The molecule has 0 radical (unpaired) electrons. The van der Waals surface area contributed by atoms with Crippen molar-refractivity contribution in [2.75, 3.05) is 11.4 Å². The van der Waals surface area contributed by atoms with Gasteiger partial charge in [-0.2, -0.15) is 0 Å². The summed E-state index contributed by atoms with van der Waals surface area (Å²) in [4.78, 5) is 7.01. The number of hydrogen-bond acceptors (Lipinski definition) is 2. The van der Waals surface area contributed by atoms with E-state index in [4.69, 9.17) is 0 Å². The molecular weight excluding hydrogens is 288 g/mol. The largest absolute Gasteiger partial charge is 0.339 e. The lowest BCUT2D eigenvalue weighted by Crippen LogP contribution is -2.13. The summed E-state index contributed by atoms with van der Waals surface area (Å²) >= 11 is 3.51. The summed E-state index contributed by atoms with van der Waals surface area (Å²) in [5.41, 5.74) is 6.22. The topological polar surface area (TPSA) is 15.6 Å². The normalized spacial score (nSPS) is 15.3. The van der Waals surface area contributed by atoms with E-state index in [9.17, 15) is 0 Å². The fourth-order valence-corrected chi connectivity index (χ4v) is 3.15. The number of fused-ring (bicyclic) bond motifs is 2. The Morgan fingerprint density at radius 1 is 1.17 bits per heavy atom. The second kappa shape index (κ2) is 3.69. The van der Waals surface area contributed by atoms with Crippen molar-refractivity contribution in [3.8, 4) is 0 Å². The van der Waals surface area contributed by atoms with Crippen LogP contribution in [0.3, 0.4) is 0 Å². The Hall–Kier alpha value is -1.61. The summed E-state index contributed by atoms with van der Waals surface area (Å²) in [6.07, 6.45) is 3.10. The van der Waals surface area contributed by atoms with Crippen LogP contribution in [0.4, 0.5) is 17.1 Å². The van der Waals surface area contributed by atoms with Crippen LogP contribution in [0, 0.1) is 0 Å². The number of rotatable bonds is 0. The number of halogens is 1. The van der Waals surface area contributed by atoms with Crippen molar-refractivity contribution in [2.24, 2.45) is 4.99 Å². The fraction of sp³-hybridized carbons (Fsp3) is 0.133. The predicted octanol–water partition coefficient (Wildman–Crippen LogP) is 4.21. The molecule has 18 heavy (non-hydrogen) atoms. The Labute approximate surface area is 114 Å². The van der Waals surface area contributed by atoms with Gasteiger partial charge in [0.1, 0.15) is 0 Å². The van der Waals surface area contributed by atoms with Crippen molar-refractivity contribution >= 4 is 39.2 Å². The number of anilines is 2. The fourth-order valence-electron chi connectivity index (χ4n) is 2.80. The Kier molecular flexibility index (Phi) is 2.12. The molecule has 2 aliphatic rings. The number of para-hydroxylation sites is 1. The van der Waals surface area contributed by atoms with Gasteiger partial charge in [0.25, 0.3) is 0 Å². The zero-order chi connectivity index (χ0) is 12.1. The maximum atomic E-state index is 4.62. The number of aliphatic imine (C=N–C) groups is 1. The second-order valence-electron chi connectivity index (χ2n) is 4.65. The van der Waals surface area contributed by atoms with Gasteiger partial charge in [0.15, 0.2) is 0 Å². The molecule has 2 aromatic carbocycles. The highest BCUT2D eigenvalue weighted by Crippen LogP contribution is 2.43. The van der Waals surface area contributed by atoms with Crippen LogP contribution in [-0.2, 0) is 6.42 Å². The van der Waals surface area contributed by atoms with Gasteiger partial charge in [0.05, 0.1) is 17.1 Å². The average Bonchev–Trinajstić information content (AvgIpc) is 2.73. The molecule has 0 saturated carbocycles. The summed E-state index contributed by atoms with van der Waals surface area (Å²) in [5.74, 6) is 0.